The summed E-state index contributed by atoms with van der Waals surface area (Å²) < 4.78 is 36.4. The van der Waals surface area contributed by atoms with Crippen molar-refractivity contribution in [1.29, 1.82) is 5.26 Å². The molecule has 3 rings (SSSR count). The number of rotatable bonds is 8. The second kappa shape index (κ2) is 13.8. The van der Waals surface area contributed by atoms with Gasteiger partial charge in [-0.25, -0.2) is 13.6 Å². The Kier molecular flexibility index (Phi) is 10.8. The molecule has 0 amide bonds. The van der Waals surface area contributed by atoms with E-state index >= 15 is 0 Å². The highest BCUT2D eigenvalue weighted by Gasteiger charge is 2.24. The first-order chi connectivity index (χ1) is 17.2. The number of esters is 2. The molecule has 0 spiro atoms. The molecule has 3 aromatic rings. The molecule has 36 heavy (non-hydrogen) atoms. The first-order valence-corrected chi connectivity index (χ1v) is 11.3. The van der Waals surface area contributed by atoms with Gasteiger partial charge in [-0.05, 0) is 44.2 Å². The first-order valence-electron chi connectivity index (χ1n) is 10.9. The van der Waals surface area contributed by atoms with Crippen LogP contribution in [0.3, 0.4) is 0 Å². The van der Waals surface area contributed by atoms with Crippen molar-refractivity contribution in [3.05, 3.63) is 82.5 Å². The molecule has 1 atom stereocenters. The zero-order valence-corrected chi connectivity index (χ0v) is 20.3. The van der Waals surface area contributed by atoms with Crippen molar-refractivity contribution in [3.63, 3.8) is 0 Å². The number of aromatic nitrogens is 1. The van der Waals surface area contributed by atoms with Crippen molar-refractivity contribution in [2.24, 2.45) is 5.92 Å². The molecule has 10 heteroatoms. The number of nitriles is 1. The van der Waals surface area contributed by atoms with Gasteiger partial charge in [-0.1, -0.05) is 35.9 Å². The zero-order chi connectivity index (χ0) is 26.7. The van der Waals surface area contributed by atoms with E-state index in [2.05, 4.69) is 9.72 Å². The molecule has 0 bridgehead atoms. The van der Waals surface area contributed by atoms with Crippen LogP contribution in [0.1, 0.15) is 41.0 Å². The van der Waals surface area contributed by atoms with Gasteiger partial charge in [0.1, 0.15) is 16.8 Å². The number of H-pyrrole nitrogens is 1. The van der Waals surface area contributed by atoms with Gasteiger partial charge in [0.05, 0.1) is 36.1 Å². The molecule has 0 fully saturated rings. The Hall–Kier alpha value is -4.03. The van der Waals surface area contributed by atoms with E-state index in [1.165, 1.54) is 30.3 Å². The summed E-state index contributed by atoms with van der Waals surface area (Å²) in [6, 6.07) is 14.9. The lowest BCUT2D eigenvalue weighted by molar-refractivity contribution is -0.145. The molecule has 0 aliphatic heterocycles. The normalized spacial score (nSPS) is 10.9. The lowest BCUT2D eigenvalue weighted by Gasteiger charge is -2.07. The van der Waals surface area contributed by atoms with Gasteiger partial charge >= 0.3 is 11.9 Å². The van der Waals surface area contributed by atoms with Crippen molar-refractivity contribution in [2.75, 3.05) is 13.2 Å². The SMILES string of the molecule is CCOC(=O)C(C#N)CC(=O)c1ccccc1F.CCOC(=O)c1cc(-c2ccccc2F)[nH]c1Cl. The quantitative estimate of drug-likeness (QED) is 0.301. The number of carbonyl (C=O) groups excluding carboxylic acids is 3. The lowest BCUT2D eigenvalue weighted by Crippen LogP contribution is -2.20. The summed E-state index contributed by atoms with van der Waals surface area (Å²) in [6.45, 7) is 3.70. The zero-order valence-electron chi connectivity index (χ0n) is 19.5. The monoisotopic (exact) mass is 516 g/mol. The number of carbonyl (C=O) groups is 3. The summed E-state index contributed by atoms with van der Waals surface area (Å²) >= 11 is 5.90. The molecule has 1 unspecified atom stereocenters. The summed E-state index contributed by atoms with van der Waals surface area (Å²) in [6.07, 6.45) is -0.379. The maximum atomic E-state index is 13.6. The second-order valence-corrected chi connectivity index (χ2v) is 7.53. The highest BCUT2D eigenvalue weighted by atomic mass is 35.5. The Labute approximate surface area is 211 Å². The van der Waals surface area contributed by atoms with E-state index < -0.39 is 29.5 Å². The molecular weight excluding hydrogens is 494 g/mol. The van der Waals surface area contributed by atoms with Crippen LogP contribution in [0.4, 0.5) is 8.78 Å². The molecule has 0 saturated carbocycles. The van der Waals surface area contributed by atoms with Gasteiger partial charge in [-0.2, -0.15) is 5.26 Å². The summed E-state index contributed by atoms with van der Waals surface area (Å²) in [4.78, 5) is 37.4. The Morgan fingerprint density at radius 2 is 1.58 bits per heavy atom. The fraction of sp³-hybridized carbons (Fsp3) is 0.231. The number of halogens is 3. The number of hydrogen-bond donors (Lipinski definition) is 1. The van der Waals surface area contributed by atoms with Crippen molar-refractivity contribution in [2.45, 2.75) is 20.3 Å². The minimum absolute atomic E-state index is 0.123. The highest BCUT2D eigenvalue weighted by molar-refractivity contribution is 6.32. The van der Waals surface area contributed by atoms with Crippen LogP contribution in [0.25, 0.3) is 11.3 Å². The highest BCUT2D eigenvalue weighted by Crippen LogP contribution is 2.27. The number of ketones is 1. The Bertz CT molecular complexity index is 1270. The summed E-state index contributed by atoms with van der Waals surface area (Å²) in [5.74, 6) is -4.12. The van der Waals surface area contributed by atoms with E-state index in [4.69, 9.17) is 21.6 Å². The van der Waals surface area contributed by atoms with Gasteiger partial charge < -0.3 is 14.5 Å². The predicted octanol–water partition coefficient (Wildman–Crippen LogP) is 5.75. The molecule has 1 N–H and O–H groups in total. The maximum absolute atomic E-state index is 13.6. The maximum Gasteiger partial charge on any atom is 0.341 e. The third-order valence-electron chi connectivity index (χ3n) is 4.72. The minimum Gasteiger partial charge on any atom is -0.465 e. The Morgan fingerprint density at radius 3 is 2.17 bits per heavy atom. The minimum atomic E-state index is -1.20. The number of ether oxygens (including phenoxy) is 2. The molecule has 2 aromatic carbocycles. The van der Waals surface area contributed by atoms with Crippen LogP contribution in [0.15, 0.2) is 54.6 Å². The van der Waals surface area contributed by atoms with Crippen molar-refractivity contribution in [1.82, 2.24) is 4.98 Å². The molecule has 0 saturated heterocycles. The van der Waals surface area contributed by atoms with Gasteiger partial charge in [0, 0.05) is 12.0 Å². The van der Waals surface area contributed by atoms with Crippen LogP contribution in [0, 0.1) is 28.9 Å². The van der Waals surface area contributed by atoms with Crippen molar-refractivity contribution in [3.8, 4) is 17.3 Å². The van der Waals surface area contributed by atoms with Crippen LogP contribution in [0.5, 0.6) is 0 Å². The van der Waals surface area contributed by atoms with Gasteiger partial charge in [0.25, 0.3) is 0 Å². The van der Waals surface area contributed by atoms with Crippen LogP contribution in [0.2, 0.25) is 5.15 Å². The lowest BCUT2D eigenvalue weighted by atomic mass is 9.99. The summed E-state index contributed by atoms with van der Waals surface area (Å²) in [5, 5.41) is 8.94. The first kappa shape index (κ1) is 28.2. The predicted molar refractivity (Wildman–Crippen MR) is 128 cm³/mol. The molecule has 0 aliphatic rings. The van der Waals surface area contributed by atoms with E-state index in [9.17, 15) is 23.2 Å². The van der Waals surface area contributed by atoms with Crippen molar-refractivity contribution >= 4 is 29.3 Å². The second-order valence-electron chi connectivity index (χ2n) is 7.15. The standard InChI is InChI=1S/C13H11ClFNO2.C13H12FNO3/c1-2-18-13(17)9-7-11(16-12(9)14)8-5-3-4-6-10(8)15;1-2-18-13(17)9(8-15)7-12(16)10-5-3-4-6-11(10)14/h3-7,16H,2H2,1H3;3-6,9H,2,7H2,1H3. The summed E-state index contributed by atoms with van der Waals surface area (Å²) in [7, 11) is 0. The van der Waals surface area contributed by atoms with Gasteiger partial charge in [0.15, 0.2) is 11.7 Å². The number of nitrogens with zero attached hydrogens (tertiary/aromatic N) is 1. The van der Waals surface area contributed by atoms with Crippen LogP contribution in [-0.4, -0.2) is 35.9 Å². The number of Topliss-reactive ketones (excluding diaryl/α,β-unsaturated/α-hetero) is 1. The molecule has 1 heterocycles. The molecule has 188 valence electrons. The molecule has 0 aliphatic carbocycles. The van der Waals surface area contributed by atoms with Crippen molar-refractivity contribution < 1.29 is 32.6 Å². The smallest absolute Gasteiger partial charge is 0.341 e. The van der Waals surface area contributed by atoms with Gasteiger partial charge in [-0.15, -0.1) is 0 Å². The number of benzene rings is 2. The van der Waals surface area contributed by atoms with E-state index in [1.807, 2.05) is 0 Å². The third kappa shape index (κ3) is 7.48. The molecule has 7 nitrogen and oxygen atoms in total. The third-order valence-corrected chi connectivity index (χ3v) is 5.02. The summed E-state index contributed by atoms with van der Waals surface area (Å²) in [5.41, 5.74) is 0.884. The van der Waals surface area contributed by atoms with Gasteiger partial charge in [-0.3, -0.25) is 9.59 Å². The Morgan fingerprint density at radius 1 is 0.972 bits per heavy atom. The fourth-order valence-corrected chi connectivity index (χ4v) is 3.25. The topological polar surface area (TPSA) is 109 Å². The van der Waals surface area contributed by atoms with Crippen LogP contribution < -0.4 is 0 Å². The largest absolute Gasteiger partial charge is 0.465 e. The van der Waals surface area contributed by atoms with Crippen LogP contribution >= 0.6 is 11.6 Å². The number of nitrogens with one attached hydrogen (secondary N) is 1. The number of aromatic amines is 1. The van der Waals surface area contributed by atoms with E-state index in [0.717, 1.165) is 6.07 Å². The number of hydrogen-bond acceptors (Lipinski definition) is 6. The fourth-order valence-electron chi connectivity index (χ4n) is 3.02. The molecular formula is C26H23ClF2N2O5. The molecule has 0 radical (unpaired) electrons. The van der Waals surface area contributed by atoms with E-state index in [1.54, 1.807) is 38.1 Å². The van der Waals surface area contributed by atoms with E-state index in [0.29, 0.717) is 11.3 Å². The molecule has 1 aromatic heterocycles. The van der Waals surface area contributed by atoms with Gasteiger partial charge in [0.2, 0.25) is 0 Å². The average Bonchev–Trinajstić information content (AvgIpc) is 3.25. The average molecular weight is 517 g/mol. The van der Waals surface area contributed by atoms with E-state index in [-0.39, 0.29) is 41.7 Å². The van der Waals surface area contributed by atoms with Crippen LogP contribution in [-0.2, 0) is 14.3 Å². The Balaban J connectivity index is 0.000000254.